The SMILES string of the molecule is CN(C(=O)[C@@H](N)Cc1ccc(O)c(O)c1)C(C)(C)C(=O)O. The molecule has 116 valence electrons. The highest BCUT2D eigenvalue weighted by atomic mass is 16.4. The molecule has 0 aromatic heterocycles. The van der Waals surface area contributed by atoms with Crippen molar-refractivity contribution < 1.29 is 24.9 Å². The first kappa shape index (κ1) is 16.8. The van der Waals surface area contributed by atoms with Crippen molar-refractivity contribution >= 4 is 11.9 Å². The molecule has 21 heavy (non-hydrogen) atoms. The number of benzene rings is 1. The molecular weight excluding hydrogens is 276 g/mol. The number of carboxylic acids is 1. The lowest BCUT2D eigenvalue weighted by atomic mass is 10.00. The summed E-state index contributed by atoms with van der Waals surface area (Å²) in [7, 11) is 1.38. The van der Waals surface area contributed by atoms with Crippen molar-refractivity contribution in [2.45, 2.75) is 31.8 Å². The van der Waals surface area contributed by atoms with Gasteiger partial charge in [-0.05, 0) is 38.0 Å². The van der Waals surface area contributed by atoms with Gasteiger partial charge in [0.2, 0.25) is 5.91 Å². The molecule has 0 aliphatic heterocycles. The van der Waals surface area contributed by atoms with E-state index in [-0.39, 0.29) is 17.9 Å². The van der Waals surface area contributed by atoms with E-state index in [0.717, 1.165) is 4.90 Å². The molecular formula is C14H20N2O5. The Kier molecular flexibility index (Phi) is 4.80. The van der Waals surface area contributed by atoms with Crippen molar-refractivity contribution in [1.82, 2.24) is 4.90 Å². The Morgan fingerprint density at radius 3 is 2.33 bits per heavy atom. The number of aromatic hydroxyl groups is 2. The average molecular weight is 296 g/mol. The zero-order chi connectivity index (χ0) is 16.4. The third-order valence-electron chi connectivity index (χ3n) is 3.51. The van der Waals surface area contributed by atoms with Crippen LogP contribution in [0, 0.1) is 0 Å². The van der Waals surface area contributed by atoms with Crippen LogP contribution in [0.15, 0.2) is 18.2 Å². The maximum Gasteiger partial charge on any atom is 0.329 e. The van der Waals surface area contributed by atoms with Gasteiger partial charge in [-0.15, -0.1) is 0 Å². The van der Waals surface area contributed by atoms with Gasteiger partial charge in [-0.25, -0.2) is 4.79 Å². The molecule has 0 fully saturated rings. The van der Waals surface area contributed by atoms with Gasteiger partial charge in [0.1, 0.15) is 5.54 Å². The summed E-state index contributed by atoms with van der Waals surface area (Å²) in [4.78, 5) is 24.4. The van der Waals surface area contributed by atoms with E-state index in [1.54, 1.807) is 0 Å². The van der Waals surface area contributed by atoms with Crippen LogP contribution in [0.5, 0.6) is 11.5 Å². The summed E-state index contributed by atoms with van der Waals surface area (Å²) < 4.78 is 0. The van der Waals surface area contributed by atoms with Gasteiger partial charge in [-0.3, -0.25) is 4.79 Å². The largest absolute Gasteiger partial charge is 0.504 e. The van der Waals surface area contributed by atoms with E-state index in [0.29, 0.717) is 5.56 Å². The van der Waals surface area contributed by atoms with Crippen LogP contribution in [0.3, 0.4) is 0 Å². The minimum absolute atomic E-state index is 0.118. The number of nitrogens with zero attached hydrogens (tertiary/aromatic N) is 1. The van der Waals surface area contributed by atoms with E-state index < -0.39 is 23.5 Å². The molecule has 1 aromatic carbocycles. The average Bonchev–Trinajstić information content (AvgIpc) is 2.40. The topological polar surface area (TPSA) is 124 Å². The smallest absolute Gasteiger partial charge is 0.329 e. The lowest BCUT2D eigenvalue weighted by Crippen LogP contribution is -2.55. The fourth-order valence-corrected chi connectivity index (χ4v) is 1.70. The van der Waals surface area contributed by atoms with E-state index >= 15 is 0 Å². The molecule has 0 heterocycles. The fourth-order valence-electron chi connectivity index (χ4n) is 1.70. The van der Waals surface area contributed by atoms with Crippen molar-refractivity contribution in [3.8, 4) is 11.5 Å². The molecule has 1 aromatic rings. The van der Waals surface area contributed by atoms with E-state index in [9.17, 15) is 19.8 Å². The molecule has 0 aliphatic carbocycles. The highest BCUT2D eigenvalue weighted by Gasteiger charge is 2.36. The van der Waals surface area contributed by atoms with Gasteiger partial charge in [0.25, 0.3) is 0 Å². The second kappa shape index (κ2) is 6.01. The molecule has 0 saturated carbocycles. The van der Waals surface area contributed by atoms with Gasteiger partial charge in [0.05, 0.1) is 6.04 Å². The number of aliphatic carboxylic acids is 1. The first-order chi connectivity index (χ1) is 9.57. The number of carbonyl (C=O) groups excluding carboxylic acids is 1. The second-order valence-electron chi connectivity index (χ2n) is 5.40. The van der Waals surface area contributed by atoms with Gasteiger partial charge in [-0.2, -0.15) is 0 Å². The number of carboxylic acid groups (broad SMARTS) is 1. The van der Waals surface area contributed by atoms with Crippen LogP contribution < -0.4 is 5.73 Å². The molecule has 0 bridgehead atoms. The molecule has 0 saturated heterocycles. The van der Waals surface area contributed by atoms with Gasteiger partial charge in [-0.1, -0.05) is 6.07 Å². The predicted octanol–water partition coefficient (Wildman–Crippen LogP) is 0.289. The van der Waals surface area contributed by atoms with Crippen molar-refractivity contribution in [2.75, 3.05) is 7.05 Å². The maximum atomic E-state index is 12.2. The van der Waals surface area contributed by atoms with Crippen molar-refractivity contribution in [1.29, 1.82) is 0 Å². The van der Waals surface area contributed by atoms with Crippen LogP contribution in [-0.2, 0) is 16.0 Å². The zero-order valence-corrected chi connectivity index (χ0v) is 12.2. The number of phenolic OH excluding ortho intramolecular Hbond substituents is 2. The van der Waals surface area contributed by atoms with Crippen LogP contribution >= 0.6 is 0 Å². The van der Waals surface area contributed by atoms with E-state index in [1.807, 2.05) is 0 Å². The van der Waals surface area contributed by atoms with Crippen LogP contribution in [0.25, 0.3) is 0 Å². The highest BCUT2D eigenvalue weighted by molar-refractivity contribution is 5.89. The molecule has 5 N–H and O–H groups in total. The standard InChI is InChI=1S/C14H20N2O5/c1-14(2,13(20)21)16(3)12(19)9(15)6-8-4-5-10(17)11(18)7-8/h4-5,7,9,17-18H,6,15H2,1-3H3,(H,20,21)/t9-/m0/s1. The molecule has 7 nitrogen and oxygen atoms in total. The normalized spacial score (nSPS) is 12.8. The van der Waals surface area contributed by atoms with Crippen molar-refractivity contribution in [3.05, 3.63) is 23.8 Å². The van der Waals surface area contributed by atoms with Crippen LogP contribution in [0.2, 0.25) is 0 Å². The third-order valence-corrected chi connectivity index (χ3v) is 3.51. The summed E-state index contributed by atoms with van der Waals surface area (Å²) in [5, 5.41) is 27.7. The Labute approximate surface area is 122 Å². The minimum Gasteiger partial charge on any atom is -0.504 e. The Morgan fingerprint density at radius 1 is 1.29 bits per heavy atom. The molecule has 0 unspecified atom stereocenters. The number of carbonyl (C=O) groups is 2. The highest BCUT2D eigenvalue weighted by Crippen LogP contribution is 2.25. The summed E-state index contributed by atoms with van der Waals surface area (Å²) in [5.41, 5.74) is 5.00. The molecule has 0 radical (unpaired) electrons. The van der Waals surface area contributed by atoms with Gasteiger partial charge >= 0.3 is 5.97 Å². The Bertz CT molecular complexity index is 556. The van der Waals surface area contributed by atoms with E-state index in [1.165, 1.54) is 39.1 Å². The first-order valence-corrected chi connectivity index (χ1v) is 6.35. The first-order valence-electron chi connectivity index (χ1n) is 6.35. The second-order valence-corrected chi connectivity index (χ2v) is 5.40. The maximum absolute atomic E-state index is 12.2. The fraction of sp³-hybridized carbons (Fsp3) is 0.429. The molecule has 0 aliphatic rings. The number of likely N-dealkylation sites (N-methyl/N-ethyl adjacent to an activating group) is 1. The van der Waals surface area contributed by atoms with Gasteiger partial charge in [0.15, 0.2) is 11.5 Å². The summed E-state index contributed by atoms with van der Waals surface area (Å²) in [6.07, 6.45) is 0.118. The number of nitrogens with two attached hydrogens (primary N) is 1. The lowest BCUT2D eigenvalue weighted by Gasteiger charge is -2.33. The summed E-state index contributed by atoms with van der Waals surface area (Å²) >= 11 is 0. The van der Waals surface area contributed by atoms with Crippen LogP contribution in [-0.4, -0.2) is 50.7 Å². The van der Waals surface area contributed by atoms with E-state index in [2.05, 4.69) is 0 Å². The Morgan fingerprint density at radius 2 is 1.86 bits per heavy atom. The number of amides is 1. The number of phenols is 2. The Hall–Kier alpha value is -2.28. The third kappa shape index (κ3) is 3.63. The quantitative estimate of drug-likeness (QED) is 0.579. The van der Waals surface area contributed by atoms with Gasteiger partial charge in [0, 0.05) is 7.05 Å². The van der Waals surface area contributed by atoms with Gasteiger partial charge < -0.3 is 26.0 Å². The molecule has 0 spiro atoms. The zero-order valence-electron chi connectivity index (χ0n) is 12.2. The monoisotopic (exact) mass is 296 g/mol. The molecule has 1 rings (SSSR count). The number of hydrogen-bond acceptors (Lipinski definition) is 5. The number of hydrogen-bond donors (Lipinski definition) is 4. The van der Waals surface area contributed by atoms with Crippen molar-refractivity contribution in [3.63, 3.8) is 0 Å². The summed E-state index contributed by atoms with van der Waals surface area (Å²) in [6.45, 7) is 2.82. The van der Waals surface area contributed by atoms with Crippen molar-refractivity contribution in [2.24, 2.45) is 5.73 Å². The molecule has 1 amide bonds. The molecule has 7 heteroatoms. The van der Waals surface area contributed by atoms with Crippen LogP contribution in [0.4, 0.5) is 0 Å². The van der Waals surface area contributed by atoms with E-state index in [4.69, 9.17) is 10.8 Å². The Balaban J connectivity index is 2.83. The molecule has 1 atom stereocenters. The minimum atomic E-state index is -1.37. The lowest BCUT2D eigenvalue weighted by molar-refractivity contribution is -0.155. The van der Waals surface area contributed by atoms with Crippen LogP contribution in [0.1, 0.15) is 19.4 Å². The summed E-state index contributed by atoms with van der Waals surface area (Å²) in [5.74, 6) is -2.21. The summed E-state index contributed by atoms with van der Waals surface area (Å²) in [6, 6.07) is 3.19. The predicted molar refractivity (Wildman–Crippen MR) is 75.9 cm³/mol. The number of rotatable bonds is 5.